The van der Waals surface area contributed by atoms with Gasteiger partial charge in [-0.3, -0.25) is 4.79 Å². The zero-order valence-corrected chi connectivity index (χ0v) is 9.58. The minimum Gasteiger partial charge on any atom is -0.378 e. The number of carbonyl (C=O) groups excluding carboxylic acids is 1. The van der Waals surface area contributed by atoms with Crippen LogP contribution in [0.5, 0.6) is 0 Å². The van der Waals surface area contributed by atoms with E-state index in [1.165, 1.54) is 0 Å². The van der Waals surface area contributed by atoms with E-state index in [4.69, 9.17) is 4.74 Å². The lowest BCUT2D eigenvalue weighted by molar-refractivity contribution is -0.120. The van der Waals surface area contributed by atoms with Gasteiger partial charge in [0.15, 0.2) is 0 Å². The van der Waals surface area contributed by atoms with Gasteiger partial charge in [0.1, 0.15) is 0 Å². The zero-order chi connectivity index (χ0) is 11.1. The molecule has 0 radical (unpaired) electrons. The molecule has 0 atom stereocenters. The lowest BCUT2D eigenvalue weighted by Gasteiger charge is -2.31. The van der Waals surface area contributed by atoms with E-state index >= 15 is 0 Å². The smallest absolute Gasteiger partial charge is 0.267 e. The van der Waals surface area contributed by atoms with Crippen LogP contribution in [0.15, 0.2) is 11.8 Å². The molecule has 4 heteroatoms. The highest BCUT2D eigenvalue weighted by molar-refractivity contribution is 5.93. The highest BCUT2D eigenvalue weighted by atomic mass is 16.5. The van der Waals surface area contributed by atoms with Gasteiger partial charge in [0.25, 0.3) is 5.91 Å². The first-order valence-electron chi connectivity index (χ1n) is 5.69. The molecule has 1 N–H and O–H groups in total. The first kappa shape index (κ1) is 12.0. The van der Waals surface area contributed by atoms with Crippen molar-refractivity contribution in [2.75, 3.05) is 32.8 Å². The molecule has 0 aromatic rings. The van der Waals surface area contributed by atoms with Crippen molar-refractivity contribution in [1.29, 1.82) is 0 Å². The van der Waals surface area contributed by atoms with Crippen LogP contribution in [0.3, 0.4) is 0 Å². The summed E-state index contributed by atoms with van der Waals surface area (Å²) in [4.78, 5) is 13.5. The number of ether oxygens (including phenoxy) is 1. The van der Waals surface area contributed by atoms with Gasteiger partial charge >= 0.3 is 0 Å². The number of nitrogens with zero attached hydrogens (tertiary/aromatic N) is 1. The van der Waals surface area contributed by atoms with Crippen LogP contribution in [-0.4, -0.2) is 43.7 Å². The summed E-state index contributed by atoms with van der Waals surface area (Å²) >= 11 is 0. The Balaban J connectivity index is 0.000000531. The molecule has 15 heavy (non-hydrogen) atoms. The quantitative estimate of drug-likeness (QED) is 0.697. The number of hydrogen-bond donors (Lipinski definition) is 1. The van der Waals surface area contributed by atoms with Gasteiger partial charge in [0.05, 0.1) is 18.9 Å². The third kappa shape index (κ3) is 3.23. The van der Waals surface area contributed by atoms with E-state index < -0.39 is 0 Å². The Kier molecular flexibility index (Phi) is 5.18. The van der Waals surface area contributed by atoms with Crippen LogP contribution in [0.2, 0.25) is 0 Å². The summed E-state index contributed by atoms with van der Waals surface area (Å²) in [5.74, 6) is 0.0631. The summed E-state index contributed by atoms with van der Waals surface area (Å²) in [6.45, 7) is 7.89. The molecule has 0 aromatic heterocycles. The van der Waals surface area contributed by atoms with Crippen LogP contribution < -0.4 is 5.32 Å². The van der Waals surface area contributed by atoms with Crippen LogP contribution in [-0.2, 0) is 9.53 Å². The minimum absolute atomic E-state index is 0.0631. The van der Waals surface area contributed by atoms with Gasteiger partial charge in [0.2, 0.25) is 0 Å². The number of morpholine rings is 1. The molecule has 0 aromatic carbocycles. The molecule has 2 aliphatic rings. The van der Waals surface area contributed by atoms with Gasteiger partial charge in [-0.2, -0.15) is 0 Å². The maximum atomic E-state index is 11.4. The van der Waals surface area contributed by atoms with Crippen molar-refractivity contribution in [3.05, 3.63) is 11.8 Å². The summed E-state index contributed by atoms with van der Waals surface area (Å²) in [7, 11) is 0. The average Bonchev–Trinajstić information content (AvgIpc) is 2.33. The van der Waals surface area contributed by atoms with E-state index in [0.29, 0.717) is 0 Å². The second kappa shape index (κ2) is 6.45. The summed E-state index contributed by atoms with van der Waals surface area (Å²) in [6, 6.07) is 0. The number of hydrogen-bond acceptors (Lipinski definition) is 3. The molecule has 1 saturated heterocycles. The number of amides is 1. The normalized spacial score (nSPS) is 21.1. The molecule has 0 spiro atoms. The van der Waals surface area contributed by atoms with Crippen LogP contribution in [0.4, 0.5) is 0 Å². The summed E-state index contributed by atoms with van der Waals surface area (Å²) in [5.41, 5.74) is 0.828. The van der Waals surface area contributed by atoms with Crippen molar-refractivity contribution in [3.8, 4) is 0 Å². The minimum atomic E-state index is 0.0631. The molecule has 0 unspecified atom stereocenters. The zero-order valence-electron chi connectivity index (χ0n) is 9.58. The Labute approximate surface area is 91.3 Å². The third-order valence-electron chi connectivity index (χ3n) is 2.35. The molecule has 0 saturated carbocycles. The summed E-state index contributed by atoms with van der Waals surface area (Å²) in [5, 5.41) is 2.84. The van der Waals surface area contributed by atoms with E-state index in [2.05, 4.69) is 10.2 Å². The van der Waals surface area contributed by atoms with Gasteiger partial charge in [-0.05, 0) is 6.42 Å². The molecular weight excluding hydrogens is 192 g/mol. The molecule has 0 aliphatic carbocycles. The largest absolute Gasteiger partial charge is 0.378 e. The predicted molar refractivity (Wildman–Crippen MR) is 59.4 cm³/mol. The fourth-order valence-electron chi connectivity index (χ4n) is 1.65. The average molecular weight is 212 g/mol. The fraction of sp³-hybridized carbons (Fsp3) is 0.727. The standard InChI is InChI=1S/C9H14N2O2.C2H6/c12-9-8(2-1-3-10-9)11-4-6-13-7-5-11;1-2/h2H,1,3-7H2,(H,10,12);1-2H3. The SMILES string of the molecule is CC.O=C1NCCC=C1N1CCOCC1. The topological polar surface area (TPSA) is 41.6 Å². The van der Waals surface area contributed by atoms with Crippen LogP contribution in [0, 0.1) is 0 Å². The fourth-order valence-corrected chi connectivity index (χ4v) is 1.65. The van der Waals surface area contributed by atoms with E-state index in [-0.39, 0.29) is 5.91 Å². The van der Waals surface area contributed by atoms with Gasteiger partial charge in [0, 0.05) is 19.6 Å². The molecule has 1 amide bonds. The van der Waals surface area contributed by atoms with Crippen molar-refractivity contribution in [2.45, 2.75) is 20.3 Å². The van der Waals surface area contributed by atoms with Gasteiger partial charge < -0.3 is 15.0 Å². The first-order valence-corrected chi connectivity index (χ1v) is 5.69. The van der Waals surface area contributed by atoms with Crippen molar-refractivity contribution in [3.63, 3.8) is 0 Å². The Morgan fingerprint density at radius 2 is 2.00 bits per heavy atom. The van der Waals surface area contributed by atoms with Gasteiger partial charge in [-0.15, -0.1) is 0 Å². The molecule has 86 valence electrons. The Morgan fingerprint density at radius 1 is 1.33 bits per heavy atom. The predicted octanol–water partition coefficient (Wildman–Crippen LogP) is 0.749. The second-order valence-electron chi connectivity index (χ2n) is 3.23. The number of rotatable bonds is 1. The van der Waals surface area contributed by atoms with E-state index in [9.17, 15) is 4.79 Å². The van der Waals surface area contributed by atoms with Crippen molar-refractivity contribution in [2.24, 2.45) is 0 Å². The highest BCUT2D eigenvalue weighted by Gasteiger charge is 2.21. The van der Waals surface area contributed by atoms with Gasteiger partial charge in [-0.25, -0.2) is 0 Å². The maximum absolute atomic E-state index is 11.4. The Morgan fingerprint density at radius 3 is 2.60 bits per heavy atom. The van der Waals surface area contributed by atoms with Gasteiger partial charge in [-0.1, -0.05) is 19.9 Å². The molecule has 4 nitrogen and oxygen atoms in total. The van der Waals surface area contributed by atoms with Crippen LogP contribution in [0.25, 0.3) is 0 Å². The third-order valence-corrected chi connectivity index (χ3v) is 2.35. The van der Waals surface area contributed by atoms with E-state index in [0.717, 1.165) is 45.0 Å². The van der Waals surface area contributed by atoms with E-state index in [1.807, 2.05) is 19.9 Å². The molecule has 1 fully saturated rings. The molecule has 2 heterocycles. The first-order chi connectivity index (χ1) is 7.38. The van der Waals surface area contributed by atoms with Crippen molar-refractivity contribution >= 4 is 5.91 Å². The maximum Gasteiger partial charge on any atom is 0.267 e. The lowest BCUT2D eigenvalue weighted by atomic mass is 10.2. The Bertz CT molecular complexity index is 233. The summed E-state index contributed by atoms with van der Waals surface area (Å²) < 4.78 is 5.23. The van der Waals surface area contributed by atoms with Crippen LogP contribution >= 0.6 is 0 Å². The van der Waals surface area contributed by atoms with Crippen molar-refractivity contribution in [1.82, 2.24) is 10.2 Å². The molecule has 2 rings (SSSR count). The lowest BCUT2D eigenvalue weighted by Crippen LogP contribution is -2.43. The Hall–Kier alpha value is -1.03. The number of nitrogens with one attached hydrogen (secondary N) is 1. The summed E-state index contributed by atoms with van der Waals surface area (Å²) in [6.07, 6.45) is 2.96. The molecule has 0 bridgehead atoms. The monoisotopic (exact) mass is 212 g/mol. The van der Waals surface area contributed by atoms with Crippen molar-refractivity contribution < 1.29 is 9.53 Å². The molecular formula is C11H20N2O2. The molecule has 2 aliphatic heterocycles. The highest BCUT2D eigenvalue weighted by Crippen LogP contribution is 2.11. The van der Waals surface area contributed by atoms with E-state index in [1.54, 1.807) is 0 Å². The second-order valence-corrected chi connectivity index (χ2v) is 3.23. The number of carbonyl (C=O) groups is 1. The van der Waals surface area contributed by atoms with Crippen LogP contribution in [0.1, 0.15) is 20.3 Å².